The molecule has 0 aliphatic carbocycles. The van der Waals surface area contributed by atoms with Crippen LogP contribution >= 0.6 is 15.9 Å². The van der Waals surface area contributed by atoms with E-state index in [0.717, 1.165) is 5.56 Å². The molecule has 0 bridgehead atoms. The van der Waals surface area contributed by atoms with Crippen molar-refractivity contribution >= 4 is 33.4 Å². The lowest BCUT2D eigenvalue weighted by Crippen LogP contribution is -2.22. The molecule has 0 saturated carbocycles. The van der Waals surface area contributed by atoms with Gasteiger partial charge in [0.1, 0.15) is 17.3 Å². The smallest absolute Gasteiger partial charge is 0.260 e. The van der Waals surface area contributed by atoms with Gasteiger partial charge in [-0.2, -0.15) is 0 Å². The molecule has 2 aromatic carbocycles. The molecule has 3 rings (SSSR count). The second-order valence-corrected chi connectivity index (χ2v) is 7.04. The van der Waals surface area contributed by atoms with E-state index in [-0.39, 0.29) is 17.6 Å². The minimum atomic E-state index is -0.319. The van der Waals surface area contributed by atoms with Crippen LogP contribution in [0.15, 0.2) is 57.4 Å². The maximum Gasteiger partial charge on any atom is 0.260 e. The van der Waals surface area contributed by atoms with E-state index in [1.165, 1.54) is 12.1 Å². The second-order valence-electron chi connectivity index (χ2n) is 6.24. The Bertz CT molecular complexity index is 1010. The highest BCUT2D eigenvalue weighted by atomic mass is 79.9. The standard InChI is InChI=1S/C21H18BrFN2O3/c1-12-18(19(22)13(2)28-12)21(27)25-17-9-5-15(6-10-17)20(26)24-11-14-3-7-16(23)8-4-14/h3-10H,11H2,1-2H3,(H,24,26)(H,25,27). The summed E-state index contributed by atoms with van der Waals surface area (Å²) in [4.78, 5) is 24.7. The van der Waals surface area contributed by atoms with E-state index in [0.29, 0.717) is 39.4 Å². The first-order valence-corrected chi connectivity index (χ1v) is 9.34. The number of nitrogens with one attached hydrogen (secondary N) is 2. The average Bonchev–Trinajstić information content (AvgIpc) is 2.93. The molecule has 0 spiro atoms. The number of anilines is 1. The van der Waals surface area contributed by atoms with Gasteiger partial charge >= 0.3 is 0 Å². The number of hydrogen-bond acceptors (Lipinski definition) is 3. The van der Waals surface area contributed by atoms with E-state index in [4.69, 9.17) is 4.42 Å². The molecule has 144 valence electrons. The predicted molar refractivity (Wildman–Crippen MR) is 108 cm³/mol. The Labute approximate surface area is 170 Å². The van der Waals surface area contributed by atoms with Gasteiger partial charge in [0.2, 0.25) is 0 Å². The van der Waals surface area contributed by atoms with Crippen LogP contribution < -0.4 is 10.6 Å². The largest absolute Gasteiger partial charge is 0.465 e. The minimum absolute atomic E-state index is 0.258. The van der Waals surface area contributed by atoms with Crippen molar-refractivity contribution in [3.05, 3.63) is 87.0 Å². The number of carbonyl (C=O) groups is 2. The molecule has 5 nitrogen and oxygen atoms in total. The van der Waals surface area contributed by atoms with Crippen LogP contribution in [-0.4, -0.2) is 11.8 Å². The van der Waals surface area contributed by atoms with Gasteiger partial charge in [0.05, 0.1) is 10.0 Å². The fourth-order valence-corrected chi connectivity index (χ4v) is 3.24. The topological polar surface area (TPSA) is 71.3 Å². The summed E-state index contributed by atoms with van der Waals surface area (Å²) in [6.45, 7) is 3.79. The second kappa shape index (κ2) is 8.39. The number of furan rings is 1. The lowest BCUT2D eigenvalue weighted by Gasteiger charge is -2.08. The highest BCUT2D eigenvalue weighted by molar-refractivity contribution is 9.10. The summed E-state index contributed by atoms with van der Waals surface area (Å²) in [5, 5.41) is 5.56. The van der Waals surface area contributed by atoms with Crippen molar-refractivity contribution in [1.82, 2.24) is 5.32 Å². The van der Waals surface area contributed by atoms with E-state index in [1.807, 2.05) is 0 Å². The van der Waals surface area contributed by atoms with Crippen molar-refractivity contribution in [2.24, 2.45) is 0 Å². The van der Waals surface area contributed by atoms with Crippen LogP contribution in [-0.2, 0) is 6.54 Å². The maximum atomic E-state index is 12.9. The summed E-state index contributed by atoms with van der Waals surface area (Å²) in [7, 11) is 0. The summed E-state index contributed by atoms with van der Waals surface area (Å²) in [6, 6.07) is 12.5. The molecule has 3 aromatic rings. The molecule has 0 fully saturated rings. The number of rotatable bonds is 5. The first-order valence-electron chi connectivity index (χ1n) is 8.54. The highest BCUT2D eigenvalue weighted by Gasteiger charge is 2.20. The number of amides is 2. The fourth-order valence-electron chi connectivity index (χ4n) is 2.70. The average molecular weight is 445 g/mol. The van der Waals surface area contributed by atoms with Gasteiger partial charge in [-0.3, -0.25) is 9.59 Å². The monoisotopic (exact) mass is 444 g/mol. The lowest BCUT2D eigenvalue weighted by atomic mass is 10.1. The molecule has 0 aliphatic rings. The summed E-state index contributed by atoms with van der Waals surface area (Å²) in [5.41, 5.74) is 2.26. The Morgan fingerprint density at radius 3 is 2.18 bits per heavy atom. The minimum Gasteiger partial charge on any atom is -0.465 e. The zero-order valence-corrected chi connectivity index (χ0v) is 16.9. The fraction of sp³-hybridized carbons (Fsp3) is 0.143. The molecular formula is C21H18BrFN2O3. The first kappa shape index (κ1) is 19.8. The van der Waals surface area contributed by atoms with Crippen molar-refractivity contribution in [2.45, 2.75) is 20.4 Å². The highest BCUT2D eigenvalue weighted by Crippen LogP contribution is 2.28. The lowest BCUT2D eigenvalue weighted by molar-refractivity contribution is 0.0950. The molecule has 0 saturated heterocycles. The third-order valence-electron chi connectivity index (χ3n) is 4.19. The van der Waals surface area contributed by atoms with Crippen molar-refractivity contribution in [1.29, 1.82) is 0 Å². The first-order chi connectivity index (χ1) is 13.3. The Morgan fingerprint density at radius 2 is 1.61 bits per heavy atom. The van der Waals surface area contributed by atoms with Gasteiger partial charge in [-0.05, 0) is 71.7 Å². The number of carbonyl (C=O) groups excluding carboxylic acids is 2. The maximum absolute atomic E-state index is 12.9. The quantitative estimate of drug-likeness (QED) is 0.582. The predicted octanol–water partition coefficient (Wildman–Crippen LogP) is 4.98. The van der Waals surface area contributed by atoms with Crippen LogP contribution in [0.25, 0.3) is 0 Å². The van der Waals surface area contributed by atoms with Crippen molar-refractivity contribution in [2.75, 3.05) is 5.32 Å². The molecule has 28 heavy (non-hydrogen) atoms. The van der Waals surface area contributed by atoms with Crippen molar-refractivity contribution in [3.8, 4) is 0 Å². The molecule has 1 heterocycles. The number of halogens is 2. The summed E-state index contributed by atoms with van der Waals surface area (Å²) in [6.07, 6.45) is 0. The third kappa shape index (κ3) is 4.48. The molecule has 0 radical (unpaired) electrons. The van der Waals surface area contributed by atoms with Gasteiger partial charge < -0.3 is 15.1 Å². The Balaban J connectivity index is 1.61. The van der Waals surface area contributed by atoms with Crippen molar-refractivity contribution < 1.29 is 18.4 Å². The van der Waals surface area contributed by atoms with E-state index in [1.54, 1.807) is 50.2 Å². The van der Waals surface area contributed by atoms with E-state index >= 15 is 0 Å². The van der Waals surface area contributed by atoms with Crippen LogP contribution in [0.1, 0.15) is 37.8 Å². The molecule has 2 amide bonds. The normalized spacial score (nSPS) is 10.6. The zero-order valence-electron chi connectivity index (χ0n) is 15.3. The molecule has 1 aromatic heterocycles. The number of aryl methyl sites for hydroxylation is 2. The molecule has 7 heteroatoms. The van der Waals surface area contributed by atoms with Crippen LogP contribution in [0.3, 0.4) is 0 Å². The van der Waals surface area contributed by atoms with Gasteiger partial charge in [-0.1, -0.05) is 12.1 Å². The van der Waals surface area contributed by atoms with Crippen LogP contribution in [0, 0.1) is 19.7 Å². The third-order valence-corrected chi connectivity index (χ3v) is 5.14. The Morgan fingerprint density at radius 1 is 0.964 bits per heavy atom. The summed E-state index contributed by atoms with van der Waals surface area (Å²) in [5.74, 6) is 0.288. The van der Waals surface area contributed by atoms with Crippen molar-refractivity contribution in [3.63, 3.8) is 0 Å². The van der Waals surface area contributed by atoms with Gasteiger partial charge in [-0.25, -0.2) is 4.39 Å². The Kier molecular flexibility index (Phi) is 5.94. The van der Waals surface area contributed by atoms with Gasteiger partial charge in [0, 0.05) is 17.8 Å². The van der Waals surface area contributed by atoms with Crippen LogP contribution in [0.4, 0.5) is 10.1 Å². The SMILES string of the molecule is Cc1oc(C)c(C(=O)Nc2ccc(C(=O)NCc3ccc(F)cc3)cc2)c1Br. The van der Waals surface area contributed by atoms with E-state index in [9.17, 15) is 14.0 Å². The summed E-state index contributed by atoms with van der Waals surface area (Å²) >= 11 is 3.36. The van der Waals surface area contributed by atoms with E-state index < -0.39 is 0 Å². The molecule has 0 aliphatic heterocycles. The van der Waals surface area contributed by atoms with Gasteiger partial charge in [-0.15, -0.1) is 0 Å². The van der Waals surface area contributed by atoms with Crippen LogP contribution in [0.2, 0.25) is 0 Å². The molecule has 2 N–H and O–H groups in total. The molecular weight excluding hydrogens is 427 g/mol. The number of hydrogen-bond donors (Lipinski definition) is 2. The zero-order chi connectivity index (χ0) is 20.3. The van der Waals surface area contributed by atoms with Crippen LogP contribution in [0.5, 0.6) is 0 Å². The Hall–Kier alpha value is -2.93. The van der Waals surface area contributed by atoms with Gasteiger partial charge in [0.15, 0.2) is 0 Å². The molecule has 0 atom stereocenters. The van der Waals surface area contributed by atoms with E-state index in [2.05, 4.69) is 26.6 Å². The summed E-state index contributed by atoms with van der Waals surface area (Å²) < 4.78 is 19.0. The van der Waals surface area contributed by atoms with Gasteiger partial charge in [0.25, 0.3) is 11.8 Å². The molecule has 0 unspecified atom stereocenters. The number of benzene rings is 2.